The number of hydrogen-bond acceptors (Lipinski definition) is 6. The molecule has 128 valence electrons. The Morgan fingerprint density at radius 2 is 1.96 bits per heavy atom. The molecule has 1 aromatic carbocycles. The van der Waals surface area contributed by atoms with Crippen LogP contribution < -0.4 is 4.74 Å². The zero-order chi connectivity index (χ0) is 17.7. The molecule has 0 spiro atoms. The Morgan fingerprint density at radius 1 is 1.29 bits per heavy atom. The number of hydrogen-bond donors (Lipinski definition) is 0. The topological polar surface area (TPSA) is 72.9 Å². The van der Waals surface area contributed by atoms with Crippen LogP contribution in [0.25, 0.3) is 6.08 Å². The average molecular weight is 349 g/mol. The molecule has 0 saturated carbocycles. The Hall–Kier alpha value is -2.28. The highest BCUT2D eigenvalue weighted by Crippen LogP contribution is 2.32. The second kappa shape index (κ2) is 8.01. The van der Waals surface area contributed by atoms with Crippen molar-refractivity contribution < 1.29 is 23.9 Å². The van der Waals surface area contributed by atoms with Gasteiger partial charge < -0.3 is 9.47 Å². The minimum absolute atomic E-state index is 0.243. The van der Waals surface area contributed by atoms with Crippen LogP contribution >= 0.6 is 11.8 Å². The zero-order valence-electron chi connectivity index (χ0n) is 13.8. The SMILES string of the molecule is CC[C@H](C)OC(=O)CN1C(=O)S/C(=C/c2ccc(OC)cc2)C1=O. The molecule has 1 saturated heterocycles. The van der Waals surface area contributed by atoms with Crippen LogP contribution in [0, 0.1) is 0 Å². The Kier molecular flexibility index (Phi) is 6.03. The molecular formula is C17H19NO5S. The first-order valence-corrected chi connectivity index (χ1v) is 8.35. The lowest BCUT2D eigenvalue weighted by molar-refractivity contribution is -0.150. The molecule has 1 heterocycles. The lowest BCUT2D eigenvalue weighted by atomic mass is 10.2. The van der Waals surface area contributed by atoms with Crippen molar-refractivity contribution in [2.75, 3.05) is 13.7 Å². The van der Waals surface area contributed by atoms with Crippen LogP contribution in [0.3, 0.4) is 0 Å². The quantitative estimate of drug-likeness (QED) is 0.580. The molecule has 0 N–H and O–H groups in total. The standard InChI is InChI=1S/C17H19NO5S/c1-4-11(2)23-15(19)10-18-16(20)14(24-17(18)21)9-12-5-7-13(22-3)8-6-12/h5-9,11H,4,10H2,1-3H3/b14-9+/t11-/m0/s1. The van der Waals surface area contributed by atoms with E-state index in [1.165, 1.54) is 0 Å². The maximum atomic E-state index is 12.3. The van der Waals surface area contributed by atoms with Gasteiger partial charge in [0.2, 0.25) is 0 Å². The Labute approximate surface area is 144 Å². The predicted octanol–water partition coefficient (Wildman–Crippen LogP) is 3.07. The van der Waals surface area contributed by atoms with E-state index in [0.29, 0.717) is 12.2 Å². The van der Waals surface area contributed by atoms with E-state index in [2.05, 4.69) is 0 Å². The van der Waals surface area contributed by atoms with Gasteiger partial charge in [-0.2, -0.15) is 0 Å². The molecule has 0 bridgehead atoms. The van der Waals surface area contributed by atoms with Crippen LogP contribution in [0.15, 0.2) is 29.2 Å². The fraction of sp³-hybridized carbons (Fsp3) is 0.353. The highest BCUT2D eigenvalue weighted by atomic mass is 32.2. The van der Waals surface area contributed by atoms with Crippen molar-refractivity contribution in [1.29, 1.82) is 0 Å². The molecule has 0 unspecified atom stereocenters. The van der Waals surface area contributed by atoms with Crippen molar-refractivity contribution in [2.45, 2.75) is 26.4 Å². The first-order chi connectivity index (χ1) is 11.4. The fourth-order valence-electron chi connectivity index (χ4n) is 1.96. The van der Waals surface area contributed by atoms with Gasteiger partial charge in [0, 0.05) is 0 Å². The van der Waals surface area contributed by atoms with E-state index in [0.717, 1.165) is 22.2 Å². The maximum Gasteiger partial charge on any atom is 0.326 e. The lowest BCUT2D eigenvalue weighted by Crippen LogP contribution is -2.35. The Bertz CT molecular complexity index is 668. The van der Waals surface area contributed by atoms with E-state index in [1.807, 2.05) is 6.92 Å². The van der Waals surface area contributed by atoms with E-state index in [9.17, 15) is 14.4 Å². The van der Waals surface area contributed by atoms with Crippen molar-refractivity contribution >= 4 is 35.0 Å². The number of carbonyl (C=O) groups excluding carboxylic acids is 3. The Morgan fingerprint density at radius 3 is 2.54 bits per heavy atom. The molecule has 1 aliphatic heterocycles. The molecule has 0 aliphatic carbocycles. The summed E-state index contributed by atoms with van der Waals surface area (Å²) in [6.07, 6.45) is 2.04. The monoisotopic (exact) mass is 349 g/mol. The average Bonchev–Trinajstić information content (AvgIpc) is 2.83. The molecule has 2 rings (SSSR count). The van der Waals surface area contributed by atoms with Crippen molar-refractivity contribution in [3.63, 3.8) is 0 Å². The summed E-state index contributed by atoms with van der Waals surface area (Å²) in [6, 6.07) is 7.09. The molecular weight excluding hydrogens is 330 g/mol. The third-order valence-corrected chi connectivity index (χ3v) is 4.39. The van der Waals surface area contributed by atoms with E-state index >= 15 is 0 Å². The van der Waals surface area contributed by atoms with Crippen molar-refractivity contribution in [1.82, 2.24) is 4.90 Å². The van der Waals surface area contributed by atoms with E-state index < -0.39 is 17.1 Å². The van der Waals surface area contributed by atoms with Gasteiger partial charge in [0.25, 0.3) is 11.1 Å². The summed E-state index contributed by atoms with van der Waals surface area (Å²) in [5.41, 5.74) is 0.767. The maximum absolute atomic E-state index is 12.3. The van der Waals surface area contributed by atoms with Gasteiger partial charge in [-0.3, -0.25) is 19.3 Å². The summed E-state index contributed by atoms with van der Waals surface area (Å²) in [4.78, 5) is 37.3. The Balaban J connectivity index is 2.07. The van der Waals surface area contributed by atoms with Gasteiger partial charge in [0.1, 0.15) is 12.3 Å². The van der Waals surface area contributed by atoms with Crippen LogP contribution in [0.5, 0.6) is 5.75 Å². The number of amides is 2. The number of thioether (sulfide) groups is 1. The summed E-state index contributed by atoms with van der Waals surface area (Å²) in [6.45, 7) is 3.28. The summed E-state index contributed by atoms with van der Waals surface area (Å²) < 4.78 is 10.2. The van der Waals surface area contributed by atoms with E-state index in [4.69, 9.17) is 9.47 Å². The van der Waals surface area contributed by atoms with Crippen LogP contribution in [0.4, 0.5) is 4.79 Å². The molecule has 0 aromatic heterocycles. The first kappa shape index (κ1) is 18.1. The zero-order valence-corrected chi connectivity index (χ0v) is 14.6. The molecule has 0 radical (unpaired) electrons. The normalized spacial score (nSPS) is 17.3. The number of nitrogens with zero attached hydrogens (tertiary/aromatic N) is 1. The minimum Gasteiger partial charge on any atom is -0.497 e. The fourth-order valence-corrected chi connectivity index (χ4v) is 2.80. The lowest BCUT2D eigenvalue weighted by Gasteiger charge is -2.14. The van der Waals surface area contributed by atoms with E-state index in [-0.39, 0.29) is 17.6 Å². The van der Waals surface area contributed by atoms with Crippen molar-refractivity contribution in [2.24, 2.45) is 0 Å². The number of rotatable bonds is 6. The summed E-state index contributed by atoms with van der Waals surface area (Å²) in [7, 11) is 1.57. The largest absolute Gasteiger partial charge is 0.497 e. The van der Waals surface area contributed by atoms with Crippen LogP contribution in [0.2, 0.25) is 0 Å². The van der Waals surface area contributed by atoms with Crippen LogP contribution in [0.1, 0.15) is 25.8 Å². The minimum atomic E-state index is -0.586. The van der Waals surface area contributed by atoms with Crippen molar-refractivity contribution in [3.05, 3.63) is 34.7 Å². The number of methoxy groups -OCH3 is 1. The van der Waals surface area contributed by atoms with Crippen LogP contribution in [-0.4, -0.2) is 41.8 Å². The smallest absolute Gasteiger partial charge is 0.326 e. The first-order valence-electron chi connectivity index (χ1n) is 7.53. The molecule has 6 nitrogen and oxygen atoms in total. The van der Waals surface area contributed by atoms with Crippen LogP contribution in [-0.2, 0) is 14.3 Å². The number of carbonyl (C=O) groups is 3. The second-order valence-electron chi connectivity index (χ2n) is 5.25. The van der Waals surface area contributed by atoms with Crippen molar-refractivity contribution in [3.8, 4) is 5.75 Å². The van der Waals surface area contributed by atoms with Gasteiger partial charge in [-0.05, 0) is 48.9 Å². The number of benzene rings is 1. The molecule has 2 amide bonds. The molecule has 1 atom stereocenters. The van der Waals surface area contributed by atoms with Gasteiger partial charge in [-0.25, -0.2) is 0 Å². The van der Waals surface area contributed by atoms with Gasteiger partial charge in [0.05, 0.1) is 18.1 Å². The number of ether oxygens (including phenoxy) is 2. The molecule has 24 heavy (non-hydrogen) atoms. The highest BCUT2D eigenvalue weighted by Gasteiger charge is 2.36. The van der Waals surface area contributed by atoms with E-state index in [1.54, 1.807) is 44.4 Å². The van der Waals surface area contributed by atoms with Gasteiger partial charge >= 0.3 is 5.97 Å². The molecule has 1 aromatic rings. The summed E-state index contributed by atoms with van der Waals surface area (Å²) in [5, 5.41) is -0.471. The van der Waals surface area contributed by atoms with Gasteiger partial charge in [0.15, 0.2) is 0 Å². The molecule has 1 fully saturated rings. The molecule has 1 aliphatic rings. The number of esters is 1. The summed E-state index contributed by atoms with van der Waals surface area (Å²) in [5.74, 6) is -0.368. The molecule has 7 heteroatoms. The highest BCUT2D eigenvalue weighted by molar-refractivity contribution is 8.18. The summed E-state index contributed by atoms with van der Waals surface area (Å²) >= 11 is 0.813. The van der Waals surface area contributed by atoms with Gasteiger partial charge in [-0.1, -0.05) is 19.1 Å². The third-order valence-electron chi connectivity index (χ3n) is 3.48. The van der Waals surface area contributed by atoms with Gasteiger partial charge in [-0.15, -0.1) is 0 Å². The second-order valence-corrected chi connectivity index (χ2v) is 6.24. The third kappa shape index (κ3) is 4.38. The number of imide groups is 1. The predicted molar refractivity (Wildman–Crippen MR) is 91.5 cm³/mol.